The first kappa shape index (κ1) is 13.7. The predicted octanol–water partition coefficient (Wildman–Crippen LogP) is 3.24. The van der Waals surface area contributed by atoms with Crippen LogP contribution in [0.5, 0.6) is 5.75 Å². The van der Waals surface area contributed by atoms with Crippen molar-refractivity contribution in [1.29, 1.82) is 0 Å². The lowest BCUT2D eigenvalue weighted by atomic mass is 10.1. The zero-order chi connectivity index (χ0) is 12.9. The molecule has 0 bridgehead atoms. The molecule has 0 spiro atoms. The first-order valence-electron chi connectivity index (χ1n) is 5.67. The van der Waals surface area contributed by atoms with Gasteiger partial charge in [-0.1, -0.05) is 18.2 Å². The molecule has 1 aromatic carbocycles. The minimum Gasteiger partial charge on any atom is -0.494 e. The van der Waals surface area contributed by atoms with Gasteiger partial charge in [0, 0.05) is 12.1 Å². The third-order valence-corrected chi connectivity index (χ3v) is 2.24. The highest BCUT2D eigenvalue weighted by Gasteiger charge is 2.06. The third-order valence-electron chi connectivity index (χ3n) is 2.24. The van der Waals surface area contributed by atoms with Gasteiger partial charge in [-0.25, -0.2) is 4.39 Å². The lowest BCUT2D eigenvalue weighted by Crippen LogP contribution is -2.35. The number of methoxy groups -OCH3 is 1. The molecule has 0 unspecified atom stereocenters. The molecular formula is C14H20FNO. The van der Waals surface area contributed by atoms with Crippen LogP contribution in [0.1, 0.15) is 26.3 Å². The summed E-state index contributed by atoms with van der Waals surface area (Å²) in [5.74, 6) is -0.0617. The second-order valence-corrected chi connectivity index (χ2v) is 4.93. The number of halogens is 1. The molecule has 0 amide bonds. The molecule has 3 heteroatoms. The normalized spacial score (nSPS) is 12.1. The summed E-state index contributed by atoms with van der Waals surface area (Å²) in [6, 6.07) is 4.92. The fraction of sp³-hybridized carbons (Fsp3) is 0.429. The predicted molar refractivity (Wildman–Crippen MR) is 69.7 cm³/mol. The van der Waals surface area contributed by atoms with Crippen LogP contribution in [0, 0.1) is 5.82 Å². The molecule has 0 saturated carbocycles. The molecule has 1 aromatic rings. The number of nitrogens with one attached hydrogen (secondary N) is 1. The van der Waals surface area contributed by atoms with E-state index in [1.807, 2.05) is 18.2 Å². The molecule has 0 aliphatic heterocycles. The second kappa shape index (κ2) is 5.82. The van der Waals surface area contributed by atoms with Crippen LogP contribution in [0.2, 0.25) is 0 Å². The van der Waals surface area contributed by atoms with Crippen LogP contribution in [0.3, 0.4) is 0 Å². The lowest BCUT2D eigenvalue weighted by Gasteiger charge is -2.18. The van der Waals surface area contributed by atoms with Crippen LogP contribution < -0.4 is 10.1 Å². The molecule has 1 rings (SSSR count). The molecule has 0 aliphatic rings. The van der Waals surface area contributed by atoms with E-state index in [1.165, 1.54) is 13.2 Å². The van der Waals surface area contributed by atoms with Crippen LogP contribution in [-0.2, 0) is 0 Å². The molecule has 0 saturated heterocycles. The van der Waals surface area contributed by atoms with Gasteiger partial charge in [0.1, 0.15) is 0 Å². The largest absolute Gasteiger partial charge is 0.494 e. The van der Waals surface area contributed by atoms with E-state index >= 15 is 0 Å². The summed E-state index contributed by atoms with van der Waals surface area (Å²) in [6.45, 7) is 7.08. The van der Waals surface area contributed by atoms with Crippen LogP contribution in [0.15, 0.2) is 24.3 Å². The summed E-state index contributed by atoms with van der Waals surface area (Å²) in [7, 11) is 1.46. The zero-order valence-electron chi connectivity index (χ0n) is 10.9. The fourth-order valence-electron chi connectivity index (χ4n) is 1.35. The van der Waals surface area contributed by atoms with Crippen molar-refractivity contribution in [2.75, 3.05) is 13.7 Å². The van der Waals surface area contributed by atoms with Gasteiger partial charge in [0.05, 0.1) is 7.11 Å². The molecule has 0 atom stereocenters. The first-order valence-corrected chi connectivity index (χ1v) is 5.67. The average molecular weight is 237 g/mol. The molecule has 0 aromatic heterocycles. The Bertz CT molecular complexity index is 394. The van der Waals surface area contributed by atoms with Crippen molar-refractivity contribution in [3.05, 3.63) is 35.7 Å². The van der Waals surface area contributed by atoms with Gasteiger partial charge in [-0.3, -0.25) is 0 Å². The van der Waals surface area contributed by atoms with Crippen molar-refractivity contribution >= 4 is 6.08 Å². The third kappa shape index (κ3) is 5.00. The van der Waals surface area contributed by atoms with Gasteiger partial charge in [0.15, 0.2) is 11.6 Å². The Kier molecular flexibility index (Phi) is 4.70. The van der Waals surface area contributed by atoms with E-state index in [2.05, 4.69) is 26.1 Å². The number of hydrogen-bond donors (Lipinski definition) is 1. The first-order chi connectivity index (χ1) is 7.92. The van der Waals surface area contributed by atoms with Crippen molar-refractivity contribution < 1.29 is 9.13 Å². The SMILES string of the molecule is COc1ccc(C=CCNC(C)(C)C)cc1F. The highest BCUT2D eigenvalue weighted by atomic mass is 19.1. The Labute approximate surface area is 102 Å². The number of rotatable bonds is 4. The summed E-state index contributed by atoms with van der Waals surface area (Å²) in [5, 5.41) is 3.32. The van der Waals surface area contributed by atoms with Gasteiger partial charge >= 0.3 is 0 Å². The maximum absolute atomic E-state index is 13.4. The van der Waals surface area contributed by atoms with E-state index in [9.17, 15) is 4.39 Å². The van der Waals surface area contributed by atoms with E-state index in [0.717, 1.165) is 12.1 Å². The van der Waals surface area contributed by atoms with Crippen molar-refractivity contribution in [2.45, 2.75) is 26.3 Å². The summed E-state index contributed by atoms with van der Waals surface area (Å²) in [6.07, 6.45) is 3.87. The van der Waals surface area contributed by atoms with Gasteiger partial charge in [-0.05, 0) is 38.5 Å². The molecule has 0 aliphatic carbocycles. The smallest absolute Gasteiger partial charge is 0.165 e. The molecule has 1 N–H and O–H groups in total. The molecule has 17 heavy (non-hydrogen) atoms. The Balaban J connectivity index is 2.57. The van der Waals surface area contributed by atoms with Gasteiger partial charge < -0.3 is 10.1 Å². The number of ether oxygens (including phenoxy) is 1. The van der Waals surface area contributed by atoms with Crippen LogP contribution in [-0.4, -0.2) is 19.2 Å². The van der Waals surface area contributed by atoms with Gasteiger partial charge in [-0.15, -0.1) is 0 Å². The summed E-state index contributed by atoms with van der Waals surface area (Å²) in [5.41, 5.74) is 0.925. The van der Waals surface area contributed by atoms with E-state index in [0.29, 0.717) is 0 Å². The Morgan fingerprint density at radius 1 is 1.35 bits per heavy atom. The maximum Gasteiger partial charge on any atom is 0.165 e. The molecule has 0 radical (unpaired) electrons. The molecule has 0 fully saturated rings. The minimum absolute atomic E-state index is 0.0928. The monoisotopic (exact) mass is 237 g/mol. The Morgan fingerprint density at radius 3 is 2.59 bits per heavy atom. The highest BCUT2D eigenvalue weighted by Crippen LogP contribution is 2.18. The minimum atomic E-state index is -0.335. The lowest BCUT2D eigenvalue weighted by molar-refractivity contribution is 0.386. The molecule has 2 nitrogen and oxygen atoms in total. The van der Waals surface area contributed by atoms with E-state index in [4.69, 9.17) is 4.74 Å². The van der Waals surface area contributed by atoms with E-state index in [-0.39, 0.29) is 17.1 Å². The topological polar surface area (TPSA) is 21.3 Å². The zero-order valence-corrected chi connectivity index (χ0v) is 10.9. The summed E-state index contributed by atoms with van der Waals surface area (Å²) < 4.78 is 18.2. The van der Waals surface area contributed by atoms with Crippen LogP contribution in [0.25, 0.3) is 6.08 Å². The van der Waals surface area contributed by atoms with E-state index in [1.54, 1.807) is 6.07 Å². The highest BCUT2D eigenvalue weighted by molar-refractivity contribution is 5.51. The standard InChI is InChI=1S/C14H20FNO/c1-14(2,3)16-9-5-6-11-7-8-13(17-4)12(15)10-11/h5-8,10,16H,9H2,1-4H3. The van der Waals surface area contributed by atoms with Crippen molar-refractivity contribution in [1.82, 2.24) is 5.32 Å². The van der Waals surface area contributed by atoms with Crippen LogP contribution in [0.4, 0.5) is 4.39 Å². The average Bonchev–Trinajstić information content (AvgIpc) is 2.23. The van der Waals surface area contributed by atoms with E-state index < -0.39 is 0 Å². The van der Waals surface area contributed by atoms with Crippen LogP contribution >= 0.6 is 0 Å². The Hall–Kier alpha value is -1.35. The fourth-order valence-corrected chi connectivity index (χ4v) is 1.35. The Morgan fingerprint density at radius 2 is 2.06 bits per heavy atom. The summed E-state index contributed by atoms with van der Waals surface area (Å²) >= 11 is 0. The maximum atomic E-state index is 13.4. The molecular weight excluding hydrogens is 217 g/mol. The number of hydrogen-bond acceptors (Lipinski definition) is 2. The van der Waals surface area contributed by atoms with Gasteiger partial charge in [-0.2, -0.15) is 0 Å². The van der Waals surface area contributed by atoms with Crippen molar-refractivity contribution in [3.8, 4) is 5.75 Å². The number of benzene rings is 1. The van der Waals surface area contributed by atoms with Gasteiger partial charge in [0.2, 0.25) is 0 Å². The summed E-state index contributed by atoms with van der Waals surface area (Å²) in [4.78, 5) is 0. The second-order valence-electron chi connectivity index (χ2n) is 4.93. The molecule has 0 heterocycles. The quantitative estimate of drug-likeness (QED) is 0.868. The molecule has 94 valence electrons. The van der Waals surface area contributed by atoms with Crippen molar-refractivity contribution in [3.63, 3.8) is 0 Å². The van der Waals surface area contributed by atoms with Crippen molar-refractivity contribution in [2.24, 2.45) is 0 Å². The van der Waals surface area contributed by atoms with Gasteiger partial charge in [0.25, 0.3) is 0 Å².